The highest BCUT2D eigenvalue weighted by Crippen LogP contribution is 2.30. The average Bonchev–Trinajstić information content (AvgIpc) is 3.35. The van der Waals surface area contributed by atoms with Gasteiger partial charge in [-0.3, -0.25) is 9.69 Å². The van der Waals surface area contributed by atoms with Gasteiger partial charge in [-0.2, -0.15) is 0 Å². The zero-order chi connectivity index (χ0) is 26.4. The zero-order valence-electron chi connectivity index (χ0n) is 21.9. The maximum atomic E-state index is 12.7. The van der Waals surface area contributed by atoms with Gasteiger partial charge in [0, 0.05) is 58.4 Å². The van der Waals surface area contributed by atoms with E-state index < -0.39 is 10.0 Å². The summed E-state index contributed by atoms with van der Waals surface area (Å²) in [6.07, 6.45) is 2.77. The van der Waals surface area contributed by atoms with Crippen LogP contribution in [0.3, 0.4) is 0 Å². The van der Waals surface area contributed by atoms with Crippen molar-refractivity contribution in [3.8, 4) is 0 Å². The molecule has 2 aromatic carbocycles. The largest absolute Gasteiger partial charge is 0.351 e. The van der Waals surface area contributed by atoms with Crippen molar-refractivity contribution in [2.24, 2.45) is 0 Å². The maximum Gasteiger partial charge on any atom is 0.251 e. The molecule has 37 heavy (non-hydrogen) atoms. The summed E-state index contributed by atoms with van der Waals surface area (Å²) in [6, 6.07) is 12.7. The van der Waals surface area contributed by atoms with Gasteiger partial charge >= 0.3 is 0 Å². The van der Waals surface area contributed by atoms with Crippen LogP contribution in [0.1, 0.15) is 42.6 Å². The van der Waals surface area contributed by atoms with Gasteiger partial charge in [0.25, 0.3) is 5.91 Å². The SMILES string of the molecule is CCCCN(C)S(=O)(=O)c1ccc(C(=O)NCCN2CCN(c3nc4ccc(CC)cc4s3)CC2)cc1. The Kier molecular flexibility index (Phi) is 9.17. The molecule has 0 spiro atoms. The van der Waals surface area contributed by atoms with Gasteiger partial charge in [0.1, 0.15) is 0 Å². The van der Waals surface area contributed by atoms with Crippen molar-refractivity contribution in [3.05, 3.63) is 53.6 Å². The molecule has 1 amide bonds. The average molecular weight is 544 g/mol. The first-order valence-corrected chi connectivity index (χ1v) is 15.3. The number of aromatic nitrogens is 1. The third-order valence-electron chi connectivity index (χ3n) is 6.86. The number of hydrogen-bond donors (Lipinski definition) is 1. The fourth-order valence-electron chi connectivity index (χ4n) is 4.36. The molecule has 0 bridgehead atoms. The molecular formula is C27H37N5O3S2. The van der Waals surface area contributed by atoms with Crippen LogP contribution in [-0.4, -0.2) is 81.4 Å². The molecule has 0 aliphatic carbocycles. The Balaban J connectivity index is 1.23. The number of nitrogens with one attached hydrogen (secondary N) is 1. The monoisotopic (exact) mass is 543 g/mol. The summed E-state index contributed by atoms with van der Waals surface area (Å²) in [5.74, 6) is -0.192. The number of carbonyl (C=O) groups is 1. The van der Waals surface area contributed by atoms with Gasteiger partial charge < -0.3 is 10.2 Å². The Morgan fingerprint density at radius 3 is 2.49 bits per heavy atom. The van der Waals surface area contributed by atoms with Gasteiger partial charge in [0.05, 0.1) is 15.1 Å². The molecule has 0 atom stereocenters. The first kappa shape index (κ1) is 27.5. The summed E-state index contributed by atoms with van der Waals surface area (Å²) < 4.78 is 27.9. The number of aryl methyl sites for hydroxylation is 1. The quantitative estimate of drug-likeness (QED) is 0.396. The van der Waals surface area contributed by atoms with Gasteiger partial charge in [-0.1, -0.05) is 37.7 Å². The van der Waals surface area contributed by atoms with Crippen LogP contribution in [0.2, 0.25) is 0 Å². The van der Waals surface area contributed by atoms with Gasteiger partial charge in [0.15, 0.2) is 5.13 Å². The van der Waals surface area contributed by atoms with Gasteiger partial charge in [-0.05, 0) is 54.8 Å². The Morgan fingerprint density at radius 1 is 1.08 bits per heavy atom. The number of piperazine rings is 1. The highest BCUT2D eigenvalue weighted by molar-refractivity contribution is 7.89. The van der Waals surface area contributed by atoms with E-state index in [2.05, 4.69) is 40.2 Å². The molecule has 1 fully saturated rings. The smallest absolute Gasteiger partial charge is 0.251 e. The molecule has 1 saturated heterocycles. The maximum absolute atomic E-state index is 12.7. The summed E-state index contributed by atoms with van der Waals surface area (Å²) in [6.45, 7) is 9.66. The first-order chi connectivity index (χ1) is 17.8. The summed E-state index contributed by atoms with van der Waals surface area (Å²) in [7, 11) is -1.94. The Hall–Kier alpha value is -2.53. The minimum Gasteiger partial charge on any atom is -0.351 e. The lowest BCUT2D eigenvalue weighted by atomic mass is 10.2. The zero-order valence-corrected chi connectivity index (χ0v) is 23.6. The number of nitrogens with zero attached hydrogens (tertiary/aromatic N) is 4. The first-order valence-electron chi connectivity index (χ1n) is 13.0. The van der Waals surface area contributed by atoms with E-state index in [9.17, 15) is 13.2 Å². The van der Waals surface area contributed by atoms with E-state index in [1.807, 2.05) is 6.92 Å². The number of anilines is 1. The van der Waals surface area contributed by atoms with Crippen LogP contribution in [0.15, 0.2) is 47.4 Å². The summed E-state index contributed by atoms with van der Waals surface area (Å²) in [5, 5.41) is 4.04. The van der Waals surface area contributed by atoms with E-state index in [1.54, 1.807) is 30.5 Å². The van der Waals surface area contributed by atoms with Crippen LogP contribution >= 0.6 is 11.3 Å². The summed E-state index contributed by atoms with van der Waals surface area (Å²) in [5.41, 5.74) is 2.86. The Morgan fingerprint density at radius 2 is 1.81 bits per heavy atom. The van der Waals surface area contributed by atoms with Crippen LogP contribution in [-0.2, 0) is 16.4 Å². The molecule has 1 N–H and O–H groups in total. The van der Waals surface area contributed by atoms with Crippen molar-refractivity contribution in [3.63, 3.8) is 0 Å². The number of benzene rings is 2. The Bertz CT molecular complexity index is 1300. The molecular weight excluding hydrogens is 506 g/mol. The number of thiazole rings is 1. The molecule has 1 aromatic heterocycles. The van der Waals surface area contributed by atoms with Crippen molar-refractivity contribution >= 4 is 42.6 Å². The molecule has 1 aliphatic heterocycles. The summed E-state index contributed by atoms with van der Waals surface area (Å²) in [4.78, 5) is 22.3. The third-order valence-corrected chi connectivity index (χ3v) is 9.81. The predicted octanol–water partition coefficient (Wildman–Crippen LogP) is 3.83. The molecule has 0 unspecified atom stereocenters. The number of hydrogen-bond acceptors (Lipinski definition) is 7. The van der Waals surface area contributed by atoms with E-state index in [0.29, 0.717) is 18.7 Å². The van der Waals surface area contributed by atoms with Crippen LogP contribution in [0.25, 0.3) is 10.2 Å². The molecule has 1 aliphatic rings. The third kappa shape index (κ3) is 6.67. The highest BCUT2D eigenvalue weighted by Gasteiger charge is 2.22. The normalized spacial score (nSPS) is 15.0. The number of sulfonamides is 1. The Labute approximate surface area is 224 Å². The standard InChI is InChI=1S/C27H37N5O3S2/c1-4-6-14-30(3)37(34,35)23-10-8-22(9-11-23)26(33)28-13-15-31-16-18-32(19-17-31)27-29-24-12-7-21(5-2)20-25(24)36-27/h7-12,20H,4-6,13-19H2,1-3H3,(H,28,33). The minimum absolute atomic E-state index is 0.192. The van der Waals surface area contributed by atoms with E-state index in [4.69, 9.17) is 4.98 Å². The van der Waals surface area contributed by atoms with Crippen molar-refractivity contribution in [2.45, 2.75) is 38.0 Å². The molecule has 3 aromatic rings. The molecule has 2 heterocycles. The molecule has 8 nitrogen and oxygen atoms in total. The van der Waals surface area contributed by atoms with Gasteiger partial charge in [0.2, 0.25) is 10.0 Å². The van der Waals surface area contributed by atoms with E-state index in [1.165, 1.54) is 26.7 Å². The lowest BCUT2D eigenvalue weighted by Crippen LogP contribution is -2.48. The fraction of sp³-hybridized carbons (Fsp3) is 0.481. The molecule has 200 valence electrons. The second kappa shape index (κ2) is 12.3. The van der Waals surface area contributed by atoms with E-state index in [0.717, 1.165) is 62.6 Å². The van der Waals surface area contributed by atoms with Crippen molar-refractivity contribution in [1.82, 2.24) is 19.5 Å². The van der Waals surface area contributed by atoms with Crippen LogP contribution in [0.5, 0.6) is 0 Å². The van der Waals surface area contributed by atoms with Crippen molar-refractivity contribution < 1.29 is 13.2 Å². The van der Waals surface area contributed by atoms with Crippen LogP contribution in [0.4, 0.5) is 5.13 Å². The minimum atomic E-state index is -3.53. The van der Waals surface area contributed by atoms with Gasteiger partial charge in [-0.15, -0.1) is 0 Å². The number of unbranched alkanes of at least 4 members (excludes halogenated alkanes) is 1. The molecule has 10 heteroatoms. The topological polar surface area (TPSA) is 85.8 Å². The lowest BCUT2D eigenvalue weighted by molar-refractivity contribution is 0.0947. The number of fused-ring (bicyclic) bond motifs is 1. The molecule has 4 rings (SSSR count). The fourth-order valence-corrected chi connectivity index (χ4v) is 6.65. The van der Waals surface area contributed by atoms with Crippen LogP contribution in [0, 0.1) is 0 Å². The lowest BCUT2D eigenvalue weighted by Gasteiger charge is -2.34. The number of rotatable bonds is 11. The predicted molar refractivity (Wildman–Crippen MR) is 151 cm³/mol. The molecule has 0 saturated carbocycles. The second-order valence-electron chi connectivity index (χ2n) is 9.44. The number of carbonyl (C=O) groups excluding carboxylic acids is 1. The van der Waals surface area contributed by atoms with E-state index >= 15 is 0 Å². The number of amides is 1. The summed E-state index contributed by atoms with van der Waals surface area (Å²) >= 11 is 1.76. The second-order valence-corrected chi connectivity index (χ2v) is 12.5. The molecule has 0 radical (unpaired) electrons. The van der Waals surface area contributed by atoms with Crippen molar-refractivity contribution in [2.75, 3.05) is 57.8 Å². The van der Waals surface area contributed by atoms with Crippen molar-refractivity contribution in [1.29, 1.82) is 0 Å². The van der Waals surface area contributed by atoms with Gasteiger partial charge in [-0.25, -0.2) is 17.7 Å². The van der Waals surface area contributed by atoms with E-state index in [-0.39, 0.29) is 10.8 Å². The highest BCUT2D eigenvalue weighted by atomic mass is 32.2. The van der Waals surface area contributed by atoms with Crippen LogP contribution < -0.4 is 10.2 Å².